The van der Waals surface area contributed by atoms with Gasteiger partial charge in [0.05, 0.1) is 11.4 Å². The van der Waals surface area contributed by atoms with Crippen LogP contribution in [0.25, 0.3) is 16.8 Å². The molecule has 2 amide bonds. The number of carbonyl (C=O) groups excluding carboxylic acids is 2. The van der Waals surface area contributed by atoms with Gasteiger partial charge in [0.1, 0.15) is 24.7 Å². The molecule has 0 spiro atoms. The third kappa shape index (κ3) is 5.56. The van der Waals surface area contributed by atoms with Gasteiger partial charge in [0.15, 0.2) is 0 Å². The van der Waals surface area contributed by atoms with Crippen molar-refractivity contribution in [1.82, 2.24) is 4.90 Å². The number of hydrogen-bond donors (Lipinski definition) is 0. The molecule has 0 bridgehead atoms. The van der Waals surface area contributed by atoms with Crippen molar-refractivity contribution in [1.29, 1.82) is 0 Å². The van der Waals surface area contributed by atoms with Gasteiger partial charge < -0.3 is 9.47 Å². The second-order valence-corrected chi connectivity index (χ2v) is 9.58. The van der Waals surface area contributed by atoms with E-state index in [9.17, 15) is 9.59 Å². The molecule has 7 heteroatoms. The van der Waals surface area contributed by atoms with Crippen LogP contribution in [0.1, 0.15) is 11.1 Å². The molecule has 0 unspecified atom stereocenters. The van der Waals surface area contributed by atoms with Crippen LogP contribution < -0.4 is 9.47 Å². The molecule has 0 aliphatic carbocycles. The predicted octanol–water partition coefficient (Wildman–Crippen LogP) is 7.19. The lowest BCUT2D eigenvalue weighted by Gasteiger charge is -2.14. The van der Waals surface area contributed by atoms with E-state index in [1.807, 2.05) is 91.0 Å². The maximum Gasteiger partial charge on any atom is 0.293 e. The Hall–Kier alpha value is -3.74. The summed E-state index contributed by atoms with van der Waals surface area (Å²) in [6, 6.07) is 28.6. The standard InChI is InChI=1S/C29H22ClNO4S/c30-23-8-3-5-21(17-23)19-35-24-13-11-20(12-14-24)18-27-28(32)31(29(33)36-27)15-16-34-26-10-4-7-22-6-1-2-9-25(22)26/h1-14,17-18H,15-16,19H2/b27-18-. The van der Waals surface area contributed by atoms with Gasteiger partial charge in [-0.1, -0.05) is 72.3 Å². The highest BCUT2D eigenvalue weighted by Crippen LogP contribution is 2.32. The molecule has 0 radical (unpaired) electrons. The number of halogens is 1. The quantitative estimate of drug-likeness (QED) is 0.232. The van der Waals surface area contributed by atoms with Crippen molar-refractivity contribution in [3.05, 3.63) is 112 Å². The van der Waals surface area contributed by atoms with Gasteiger partial charge in [-0.25, -0.2) is 0 Å². The minimum absolute atomic E-state index is 0.182. The first-order chi connectivity index (χ1) is 17.6. The fourth-order valence-electron chi connectivity index (χ4n) is 3.87. The normalized spacial score (nSPS) is 14.6. The van der Waals surface area contributed by atoms with Gasteiger partial charge in [-0.15, -0.1) is 0 Å². The molecule has 0 atom stereocenters. The first-order valence-corrected chi connectivity index (χ1v) is 12.6. The van der Waals surface area contributed by atoms with Crippen LogP contribution >= 0.6 is 23.4 Å². The van der Waals surface area contributed by atoms with Crippen LogP contribution in [0, 0.1) is 0 Å². The highest BCUT2D eigenvalue weighted by atomic mass is 35.5. The van der Waals surface area contributed by atoms with Gasteiger partial charge in [0.2, 0.25) is 0 Å². The van der Waals surface area contributed by atoms with Gasteiger partial charge >= 0.3 is 0 Å². The lowest BCUT2D eigenvalue weighted by Crippen LogP contribution is -2.32. The minimum Gasteiger partial charge on any atom is -0.491 e. The van der Waals surface area contributed by atoms with Gasteiger partial charge in [0, 0.05) is 10.4 Å². The van der Waals surface area contributed by atoms with Gasteiger partial charge in [-0.05, 0) is 64.7 Å². The Labute approximate surface area is 218 Å². The number of imide groups is 1. The van der Waals surface area contributed by atoms with E-state index in [1.54, 1.807) is 6.08 Å². The van der Waals surface area contributed by atoms with E-state index in [1.165, 1.54) is 4.90 Å². The number of nitrogens with zero attached hydrogens (tertiary/aromatic N) is 1. The highest BCUT2D eigenvalue weighted by Gasteiger charge is 2.34. The van der Waals surface area contributed by atoms with Crippen LogP contribution in [0.15, 0.2) is 95.9 Å². The van der Waals surface area contributed by atoms with E-state index in [0.717, 1.165) is 39.4 Å². The molecule has 0 aromatic heterocycles. The summed E-state index contributed by atoms with van der Waals surface area (Å²) in [5.41, 5.74) is 1.78. The molecular formula is C29H22ClNO4S. The predicted molar refractivity (Wildman–Crippen MR) is 144 cm³/mol. The van der Waals surface area contributed by atoms with Crippen molar-refractivity contribution < 1.29 is 19.1 Å². The van der Waals surface area contributed by atoms with Crippen LogP contribution in [0.4, 0.5) is 4.79 Å². The van der Waals surface area contributed by atoms with E-state index in [0.29, 0.717) is 22.3 Å². The maximum absolute atomic E-state index is 12.9. The fraction of sp³-hybridized carbons (Fsp3) is 0.103. The van der Waals surface area contributed by atoms with E-state index >= 15 is 0 Å². The van der Waals surface area contributed by atoms with E-state index in [2.05, 4.69) is 0 Å². The maximum atomic E-state index is 12.9. The Morgan fingerprint density at radius 1 is 0.861 bits per heavy atom. The molecule has 36 heavy (non-hydrogen) atoms. The Bertz CT molecular complexity index is 1450. The molecule has 180 valence electrons. The third-order valence-electron chi connectivity index (χ3n) is 5.67. The summed E-state index contributed by atoms with van der Waals surface area (Å²) in [4.78, 5) is 26.9. The van der Waals surface area contributed by atoms with E-state index in [4.69, 9.17) is 21.1 Å². The van der Waals surface area contributed by atoms with Crippen LogP contribution in [0.3, 0.4) is 0 Å². The molecule has 1 aliphatic heterocycles. The van der Waals surface area contributed by atoms with Crippen molar-refractivity contribution in [3.8, 4) is 11.5 Å². The molecule has 1 heterocycles. The van der Waals surface area contributed by atoms with Crippen LogP contribution in [-0.2, 0) is 11.4 Å². The Morgan fingerprint density at radius 2 is 1.64 bits per heavy atom. The number of hydrogen-bond acceptors (Lipinski definition) is 5. The second-order valence-electron chi connectivity index (χ2n) is 8.15. The van der Waals surface area contributed by atoms with Crippen molar-refractivity contribution in [2.24, 2.45) is 0 Å². The molecule has 0 N–H and O–H groups in total. The number of benzene rings is 4. The van der Waals surface area contributed by atoms with Gasteiger partial charge in [0.25, 0.3) is 11.1 Å². The van der Waals surface area contributed by atoms with Gasteiger partial charge in [-0.2, -0.15) is 0 Å². The number of fused-ring (bicyclic) bond motifs is 1. The molecule has 4 aromatic carbocycles. The average molecular weight is 516 g/mol. The number of carbonyl (C=O) groups is 2. The first kappa shape index (κ1) is 24.0. The zero-order valence-corrected chi connectivity index (χ0v) is 20.8. The van der Waals surface area contributed by atoms with Crippen molar-refractivity contribution in [2.75, 3.05) is 13.2 Å². The topological polar surface area (TPSA) is 55.8 Å². The first-order valence-electron chi connectivity index (χ1n) is 11.4. The van der Waals surface area contributed by atoms with E-state index < -0.39 is 0 Å². The molecule has 5 rings (SSSR count). The molecule has 1 aliphatic rings. The third-order valence-corrected chi connectivity index (χ3v) is 6.81. The molecular weight excluding hydrogens is 494 g/mol. The summed E-state index contributed by atoms with van der Waals surface area (Å²) < 4.78 is 11.7. The Morgan fingerprint density at radius 3 is 2.47 bits per heavy atom. The number of ether oxygens (including phenoxy) is 2. The van der Waals surface area contributed by atoms with Gasteiger partial charge in [-0.3, -0.25) is 14.5 Å². The largest absolute Gasteiger partial charge is 0.491 e. The lowest BCUT2D eigenvalue weighted by atomic mass is 10.1. The molecule has 1 saturated heterocycles. The average Bonchev–Trinajstić information content (AvgIpc) is 3.16. The fourth-order valence-corrected chi connectivity index (χ4v) is 4.94. The second kappa shape index (κ2) is 10.9. The van der Waals surface area contributed by atoms with Crippen LogP contribution in [0.2, 0.25) is 5.02 Å². The summed E-state index contributed by atoms with van der Waals surface area (Å²) in [7, 11) is 0. The number of rotatable bonds is 8. The zero-order valence-electron chi connectivity index (χ0n) is 19.2. The summed E-state index contributed by atoms with van der Waals surface area (Å²) in [6.45, 7) is 0.805. The van der Waals surface area contributed by atoms with Crippen molar-refractivity contribution in [2.45, 2.75) is 6.61 Å². The van der Waals surface area contributed by atoms with Crippen molar-refractivity contribution in [3.63, 3.8) is 0 Å². The van der Waals surface area contributed by atoms with Crippen LogP contribution in [-0.4, -0.2) is 29.2 Å². The zero-order chi connectivity index (χ0) is 24.9. The summed E-state index contributed by atoms with van der Waals surface area (Å²) in [5, 5.41) is 2.44. The summed E-state index contributed by atoms with van der Waals surface area (Å²) in [6.07, 6.45) is 1.72. The number of thioether (sulfide) groups is 1. The molecule has 5 nitrogen and oxygen atoms in total. The van der Waals surface area contributed by atoms with E-state index in [-0.39, 0.29) is 24.3 Å². The highest BCUT2D eigenvalue weighted by molar-refractivity contribution is 8.18. The molecule has 1 fully saturated rings. The number of amides is 2. The SMILES string of the molecule is O=C1S/C(=C\c2ccc(OCc3cccc(Cl)c3)cc2)C(=O)N1CCOc1cccc2ccccc12. The summed E-state index contributed by atoms with van der Waals surface area (Å²) >= 11 is 6.95. The summed E-state index contributed by atoms with van der Waals surface area (Å²) in [5.74, 6) is 1.12. The lowest BCUT2D eigenvalue weighted by molar-refractivity contribution is -0.123. The Kier molecular flexibility index (Phi) is 7.26. The Balaban J connectivity index is 1.18. The monoisotopic (exact) mass is 515 g/mol. The minimum atomic E-state index is -0.312. The van der Waals surface area contributed by atoms with Crippen molar-refractivity contribution >= 4 is 51.4 Å². The van der Waals surface area contributed by atoms with Crippen LogP contribution in [0.5, 0.6) is 11.5 Å². The molecule has 4 aromatic rings. The smallest absolute Gasteiger partial charge is 0.293 e. The molecule has 0 saturated carbocycles.